The molecular formula is C74H63FN4O8. The molecule has 13 heteroatoms. The second-order valence-corrected chi connectivity index (χ2v) is 21.1. The highest BCUT2D eigenvalue weighted by atomic mass is 19.1. The molecule has 4 heterocycles. The van der Waals surface area contributed by atoms with E-state index in [0.29, 0.717) is 16.7 Å². The monoisotopic (exact) mass is 1150 g/mol. The lowest BCUT2D eigenvalue weighted by Gasteiger charge is -2.07. The van der Waals surface area contributed by atoms with Gasteiger partial charge in [0.1, 0.15) is 5.82 Å². The Balaban J connectivity index is 0.000000138. The Hall–Kier alpha value is -11.3. The first-order valence-electron chi connectivity index (χ1n) is 27.8. The average Bonchev–Trinajstić information content (AvgIpc) is 3.44. The summed E-state index contributed by atoms with van der Waals surface area (Å²) in [6.07, 6.45) is 15.8. The molecule has 0 saturated heterocycles. The minimum atomic E-state index is -0.956. The van der Waals surface area contributed by atoms with E-state index in [2.05, 4.69) is 109 Å². The molecule has 0 aliphatic heterocycles. The van der Waals surface area contributed by atoms with Gasteiger partial charge in [-0.15, -0.1) is 0 Å². The Morgan fingerprint density at radius 1 is 0.299 bits per heavy atom. The zero-order chi connectivity index (χ0) is 61.9. The lowest BCUT2D eigenvalue weighted by molar-refractivity contribution is 0.0686. The van der Waals surface area contributed by atoms with Gasteiger partial charge >= 0.3 is 23.9 Å². The molecule has 0 amide bonds. The van der Waals surface area contributed by atoms with Gasteiger partial charge in [0.15, 0.2) is 0 Å². The number of rotatable bonds is 12. The van der Waals surface area contributed by atoms with Crippen molar-refractivity contribution in [3.05, 3.63) is 311 Å². The van der Waals surface area contributed by atoms with E-state index >= 15 is 0 Å². The van der Waals surface area contributed by atoms with E-state index in [1.54, 1.807) is 66.7 Å². The summed E-state index contributed by atoms with van der Waals surface area (Å²) in [4.78, 5) is 43.9. The summed E-state index contributed by atoms with van der Waals surface area (Å²) >= 11 is 0. The second-order valence-electron chi connectivity index (χ2n) is 21.1. The van der Waals surface area contributed by atoms with Gasteiger partial charge in [0.25, 0.3) is 0 Å². The number of nitrogens with zero attached hydrogens (tertiary/aromatic N) is 4. The van der Waals surface area contributed by atoms with Crippen molar-refractivity contribution in [1.82, 2.24) is 18.3 Å². The molecular weight excluding hydrogens is 1090 g/mol. The van der Waals surface area contributed by atoms with E-state index in [0.717, 1.165) is 72.8 Å². The fourth-order valence-corrected chi connectivity index (χ4v) is 9.60. The molecule has 0 atom stereocenters. The number of aromatic nitrogens is 4. The van der Waals surface area contributed by atoms with E-state index < -0.39 is 23.9 Å². The van der Waals surface area contributed by atoms with Gasteiger partial charge in [0.2, 0.25) is 0 Å². The molecule has 4 aromatic heterocycles. The van der Waals surface area contributed by atoms with Crippen LogP contribution in [-0.2, 0) is 0 Å². The average molecular weight is 1160 g/mol. The van der Waals surface area contributed by atoms with Crippen molar-refractivity contribution >= 4 is 23.9 Å². The third-order valence-electron chi connectivity index (χ3n) is 14.9. The number of carbonyl (C=O) groups is 4. The summed E-state index contributed by atoms with van der Waals surface area (Å²) in [5.74, 6) is -3.96. The summed E-state index contributed by atoms with van der Waals surface area (Å²) in [6, 6.07) is 61.2. The minimum Gasteiger partial charge on any atom is -0.478 e. The first-order valence-corrected chi connectivity index (χ1v) is 27.8. The molecule has 0 bridgehead atoms. The summed E-state index contributed by atoms with van der Waals surface area (Å²) in [7, 11) is 0. The van der Waals surface area contributed by atoms with Crippen LogP contribution in [0.3, 0.4) is 0 Å². The number of hydrogen-bond acceptors (Lipinski definition) is 4. The van der Waals surface area contributed by atoms with Crippen molar-refractivity contribution in [2.75, 3.05) is 0 Å². The number of aromatic carboxylic acids is 4. The van der Waals surface area contributed by atoms with Crippen LogP contribution in [0, 0.1) is 47.4 Å². The van der Waals surface area contributed by atoms with Gasteiger partial charge in [-0.05, 0) is 241 Å². The first-order chi connectivity index (χ1) is 41.8. The van der Waals surface area contributed by atoms with Crippen molar-refractivity contribution < 1.29 is 44.0 Å². The molecule has 12 nitrogen and oxygen atoms in total. The number of benzene rings is 8. The number of aryl methyl sites for hydroxylation is 6. The van der Waals surface area contributed by atoms with Gasteiger partial charge < -0.3 is 38.7 Å². The van der Waals surface area contributed by atoms with Crippen molar-refractivity contribution in [3.63, 3.8) is 0 Å². The normalized spacial score (nSPS) is 10.6. The van der Waals surface area contributed by atoms with Crippen LogP contribution in [-0.4, -0.2) is 62.6 Å². The van der Waals surface area contributed by atoms with Gasteiger partial charge in [-0.2, -0.15) is 0 Å². The maximum absolute atomic E-state index is 13.4. The highest BCUT2D eigenvalue weighted by Gasteiger charge is 2.12. The fraction of sp³-hybridized carbons (Fsp3) is 0.0811. The summed E-state index contributed by atoms with van der Waals surface area (Å²) in [5, 5.41) is 36.0. The van der Waals surface area contributed by atoms with Crippen molar-refractivity contribution in [1.29, 1.82) is 0 Å². The molecule has 0 saturated carbocycles. The maximum Gasteiger partial charge on any atom is 0.335 e. The van der Waals surface area contributed by atoms with E-state index in [1.807, 2.05) is 122 Å². The smallest absolute Gasteiger partial charge is 0.335 e. The number of carboxylic acids is 4. The van der Waals surface area contributed by atoms with Crippen molar-refractivity contribution in [2.24, 2.45) is 0 Å². The lowest BCUT2D eigenvalue weighted by atomic mass is 10.1. The van der Waals surface area contributed by atoms with E-state index in [9.17, 15) is 23.6 Å². The second kappa shape index (κ2) is 26.9. The Morgan fingerprint density at radius 2 is 0.667 bits per heavy atom. The quantitative estimate of drug-likeness (QED) is 0.0937. The van der Waals surface area contributed by atoms with Crippen LogP contribution in [0.4, 0.5) is 4.39 Å². The van der Waals surface area contributed by atoms with Gasteiger partial charge in [-0.1, -0.05) is 78.9 Å². The highest BCUT2D eigenvalue weighted by molar-refractivity contribution is 5.91. The van der Waals surface area contributed by atoms with Crippen molar-refractivity contribution in [3.8, 4) is 67.3 Å². The molecule has 434 valence electrons. The zero-order valence-electron chi connectivity index (χ0n) is 48.8. The van der Waals surface area contributed by atoms with Crippen LogP contribution in [0.2, 0.25) is 0 Å². The summed E-state index contributed by atoms with van der Waals surface area (Å²) in [6.45, 7) is 12.4. The summed E-state index contributed by atoms with van der Waals surface area (Å²) < 4.78 is 21.5. The van der Waals surface area contributed by atoms with Gasteiger partial charge in [-0.25, -0.2) is 23.6 Å². The molecule has 87 heavy (non-hydrogen) atoms. The molecule has 0 aliphatic carbocycles. The van der Waals surface area contributed by atoms with Crippen LogP contribution >= 0.6 is 0 Å². The van der Waals surface area contributed by atoms with Gasteiger partial charge in [0.05, 0.1) is 27.9 Å². The Kier molecular flexibility index (Phi) is 18.7. The van der Waals surface area contributed by atoms with E-state index in [1.165, 1.54) is 39.9 Å². The number of hydrogen-bond donors (Lipinski definition) is 4. The maximum atomic E-state index is 13.4. The first kappa shape index (κ1) is 60.3. The molecule has 4 N–H and O–H groups in total. The Morgan fingerprint density at radius 3 is 1.07 bits per heavy atom. The largest absolute Gasteiger partial charge is 0.478 e. The van der Waals surface area contributed by atoms with Gasteiger partial charge in [0, 0.05) is 66.6 Å². The molecule has 0 radical (unpaired) electrons. The third-order valence-corrected chi connectivity index (χ3v) is 14.9. The van der Waals surface area contributed by atoms with Crippen LogP contribution in [0.15, 0.2) is 250 Å². The van der Waals surface area contributed by atoms with E-state index in [-0.39, 0.29) is 11.4 Å². The molecule has 0 aliphatic rings. The topological polar surface area (TPSA) is 169 Å². The fourth-order valence-electron chi connectivity index (χ4n) is 9.60. The third kappa shape index (κ3) is 15.1. The molecule has 0 spiro atoms. The SMILES string of the molecule is Cc1ccc(-n2ccc(-c3ccc(C(=O)O)cc3)c2)cc1C.Cc1ccc(-n2ccc(-c3cccc(C(=O)O)c3)c2)cc1C.Cc1ccc(F)cc1-n1ccc(-c2cccc(C(=O)O)c2)c1.Cc1cccc(-n2ccc(-c3ccc(C(=O)O)cc3)c2)c1. The summed E-state index contributed by atoms with van der Waals surface area (Å²) in [5.41, 5.74) is 20.2. The van der Waals surface area contributed by atoms with Crippen molar-refractivity contribution in [2.45, 2.75) is 41.5 Å². The minimum absolute atomic E-state index is 0.243. The number of carboxylic acid groups (broad SMARTS) is 4. The highest BCUT2D eigenvalue weighted by Crippen LogP contribution is 2.28. The molecule has 8 aromatic carbocycles. The van der Waals surface area contributed by atoms with Crippen LogP contribution in [0.1, 0.15) is 74.8 Å². The zero-order valence-corrected chi connectivity index (χ0v) is 48.8. The molecule has 0 unspecified atom stereocenters. The predicted molar refractivity (Wildman–Crippen MR) is 341 cm³/mol. The van der Waals surface area contributed by atoms with E-state index in [4.69, 9.17) is 20.4 Å². The lowest BCUT2D eigenvalue weighted by Crippen LogP contribution is -1.96. The molecule has 12 aromatic rings. The van der Waals surface area contributed by atoms with Crippen LogP contribution < -0.4 is 0 Å². The Labute approximate surface area is 503 Å². The van der Waals surface area contributed by atoms with Crippen LogP contribution in [0.5, 0.6) is 0 Å². The number of halogens is 1. The van der Waals surface area contributed by atoms with Gasteiger partial charge in [-0.3, -0.25) is 0 Å². The molecule has 0 fully saturated rings. The standard InChI is InChI=1S/2C19H17NO2.C18H14FNO2.C18H15NO2/c1-13-3-8-18(11-14(13)2)20-10-9-17(12-20)15-4-6-16(7-5-15)19(21)22;1-13-6-7-18(10-14(13)2)20-9-8-17(12-20)15-4-3-5-16(11-15)19(21)22;1-12-5-6-16(19)10-17(12)20-8-7-15(11-20)13-3-2-4-14(9-13)18(21)22;1-13-3-2-4-17(11-13)19-10-9-16(12-19)14-5-7-15(8-6-14)18(20)21/h2*3-12H,1-2H3,(H,21,22);2-11H,1H3,(H,21,22);2-12H,1H3,(H,20,21). The Bertz CT molecular complexity index is 4450. The predicted octanol–water partition coefficient (Wildman–Crippen LogP) is 17.4. The molecule has 12 rings (SSSR count). The van der Waals surface area contributed by atoms with Crippen LogP contribution in [0.25, 0.3) is 67.3 Å².